The lowest BCUT2D eigenvalue weighted by Crippen LogP contribution is -2.40. The van der Waals surface area contributed by atoms with Gasteiger partial charge in [0.05, 0.1) is 6.10 Å². The number of aliphatic hydroxyl groups is 1. The fourth-order valence-electron chi connectivity index (χ4n) is 3.81. The molecule has 0 unspecified atom stereocenters. The van der Waals surface area contributed by atoms with Gasteiger partial charge in [-0.15, -0.1) is 7.12 Å². The molecule has 1 aliphatic rings. The molecule has 0 aromatic rings. The Labute approximate surface area is 138 Å². The van der Waals surface area contributed by atoms with Gasteiger partial charge in [-0.3, -0.25) is 0 Å². The molecule has 0 aliphatic carbocycles. The molecule has 1 saturated heterocycles. The summed E-state index contributed by atoms with van der Waals surface area (Å²) >= 11 is 0. The van der Waals surface area contributed by atoms with E-state index in [1.54, 1.807) is 0 Å². The lowest BCUT2D eigenvalue weighted by molar-refractivity contribution is 0.159. The molecule has 0 spiro atoms. The van der Waals surface area contributed by atoms with Gasteiger partial charge in [0.2, 0.25) is 0 Å². The van der Waals surface area contributed by atoms with Crippen LogP contribution in [0.5, 0.6) is 0 Å². The Balaban J connectivity index is 3.23. The SMILES string of the molecule is CS(C)(C)S(C[C@@H](O)[C@@H]1CCCN1)(S(C)(C)C)S(C)(C)C. The lowest BCUT2D eigenvalue weighted by atomic mass is 10.1. The van der Waals surface area contributed by atoms with Crippen LogP contribution in [0, 0.1) is 0 Å². The van der Waals surface area contributed by atoms with Crippen molar-refractivity contribution in [3.8, 4) is 0 Å². The monoisotopic (exact) mass is 377 g/mol. The maximum Gasteiger partial charge on any atom is 0.0790 e. The van der Waals surface area contributed by atoms with Crippen LogP contribution in [-0.4, -0.2) is 85.9 Å². The molecule has 0 saturated carbocycles. The van der Waals surface area contributed by atoms with Crippen LogP contribution in [-0.2, 0) is 0 Å². The van der Waals surface area contributed by atoms with Crippen molar-refractivity contribution >= 4 is 34.3 Å². The van der Waals surface area contributed by atoms with Crippen LogP contribution in [0.15, 0.2) is 0 Å². The molecule has 134 valence electrons. The van der Waals surface area contributed by atoms with Crippen LogP contribution in [0.2, 0.25) is 0 Å². The highest BCUT2D eigenvalue weighted by molar-refractivity contribution is 9.63. The van der Waals surface area contributed by atoms with Gasteiger partial charge in [-0.2, -0.15) is 0 Å². The van der Waals surface area contributed by atoms with Gasteiger partial charge in [0, 0.05) is 11.8 Å². The predicted octanol–water partition coefficient (Wildman–Crippen LogP) is 3.73. The van der Waals surface area contributed by atoms with Gasteiger partial charge in [0.15, 0.2) is 0 Å². The first kappa shape index (κ1) is 20.4. The zero-order chi connectivity index (χ0) is 16.7. The van der Waals surface area contributed by atoms with E-state index in [0.717, 1.165) is 18.7 Å². The van der Waals surface area contributed by atoms with Crippen LogP contribution in [0.4, 0.5) is 0 Å². The van der Waals surface area contributed by atoms with Crippen LogP contribution < -0.4 is 5.32 Å². The van der Waals surface area contributed by atoms with E-state index in [1.807, 2.05) is 0 Å². The maximum atomic E-state index is 11.0. The Morgan fingerprint density at radius 1 is 0.905 bits per heavy atom. The summed E-state index contributed by atoms with van der Waals surface area (Å²) in [6.07, 6.45) is 24.8. The Bertz CT molecular complexity index is 312. The number of hydrogen-bond acceptors (Lipinski definition) is 2. The fraction of sp³-hybridized carbons (Fsp3) is 1.00. The molecule has 0 bridgehead atoms. The van der Waals surface area contributed by atoms with Gasteiger partial charge in [0.25, 0.3) is 0 Å². The van der Waals surface area contributed by atoms with Gasteiger partial charge in [-0.05, 0) is 75.7 Å². The number of nitrogens with one attached hydrogen (secondary N) is 1. The molecule has 1 aliphatic heterocycles. The smallest absolute Gasteiger partial charge is 0.0790 e. The van der Waals surface area contributed by atoms with E-state index < -0.39 is 34.3 Å². The van der Waals surface area contributed by atoms with Crippen LogP contribution >= 0.6 is 34.3 Å². The molecule has 6 heteroatoms. The second kappa shape index (κ2) is 6.67. The van der Waals surface area contributed by atoms with Crippen LogP contribution in [0.3, 0.4) is 0 Å². The van der Waals surface area contributed by atoms with E-state index in [0.29, 0.717) is 6.04 Å². The van der Waals surface area contributed by atoms with Gasteiger partial charge in [0.1, 0.15) is 0 Å². The quantitative estimate of drug-likeness (QED) is 0.691. The third-order valence-corrected chi connectivity index (χ3v) is 46.5. The molecule has 0 radical (unpaired) electrons. The Morgan fingerprint density at radius 2 is 1.33 bits per heavy atom. The van der Waals surface area contributed by atoms with E-state index >= 15 is 0 Å². The normalized spacial score (nSPS) is 26.5. The van der Waals surface area contributed by atoms with Gasteiger partial charge in [-0.25, -0.2) is 27.2 Å². The summed E-state index contributed by atoms with van der Waals surface area (Å²) in [5.41, 5.74) is 0. The predicted molar refractivity (Wildman–Crippen MR) is 116 cm³/mol. The van der Waals surface area contributed by atoms with Gasteiger partial charge < -0.3 is 10.4 Å². The first-order valence-electron chi connectivity index (χ1n) is 7.51. The minimum atomic E-state index is -0.822. The summed E-state index contributed by atoms with van der Waals surface area (Å²) in [5, 5.41) is 14.5. The summed E-state index contributed by atoms with van der Waals surface area (Å²) in [6.45, 7) is 1.08. The van der Waals surface area contributed by atoms with Crippen molar-refractivity contribution in [3.05, 3.63) is 0 Å². The van der Waals surface area contributed by atoms with Crippen molar-refractivity contribution in [1.82, 2.24) is 5.32 Å². The number of rotatable bonds is 6. The molecule has 1 rings (SSSR count). The molecule has 2 atom stereocenters. The summed E-state index contributed by atoms with van der Waals surface area (Å²) in [7, 11) is -2.91. The Morgan fingerprint density at radius 3 is 1.62 bits per heavy atom. The molecule has 0 amide bonds. The van der Waals surface area contributed by atoms with E-state index in [2.05, 4.69) is 61.6 Å². The molecule has 21 heavy (non-hydrogen) atoms. The second-order valence-electron chi connectivity index (χ2n) is 8.17. The fourth-order valence-corrected chi connectivity index (χ4v) is 58.4. The summed E-state index contributed by atoms with van der Waals surface area (Å²) < 4.78 is 0. The number of aliphatic hydroxyl groups excluding tert-OH is 1. The van der Waals surface area contributed by atoms with Crippen molar-refractivity contribution < 1.29 is 5.11 Å². The summed E-state index contributed by atoms with van der Waals surface area (Å²) in [4.78, 5) is 0. The van der Waals surface area contributed by atoms with E-state index in [1.165, 1.54) is 6.42 Å². The zero-order valence-corrected chi connectivity index (χ0v) is 18.8. The molecule has 2 nitrogen and oxygen atoms in total. The average molecular weight is 378 g/mol. The van der Waals surface area contributed by atoms with Crippen molar-refractivity contribution in [3.63, 3.8) is 0 Å². The maximum absolute atomic E-state index is 11.0. The standard InChI is InChI=1S/C15H39NOS4/c1-18(2,3)21(19(4,5)6,20(7,8)9)13-15(17)14-11-10-12-16-14/h14-17H,10-13H2,1-9H3/t14-,15+/m0/s1. The molecular formula is C15H39NOS4. The largest absolute Gasteiger partial charge is 0.391 e. The summed E-state index contributed by atoms with van der Waals surface area (Å²) in [6, 6.07) is 0.335. The first-order valence-corrected chi connectivity index (χ1v) is 19.4. The minimum Gasteiger partial charge on any atom is -0.391 e. The van der Waals surface area contributed by atoms with E-state index in [-0.39, 0.29) is 6.10 Å². The van der Waals surface area contributed by atoms with Gasteiger partial charge in [-0.1, -0.05) is 0 Å². The molecule has 1 heterocycles. The van der Waals surface area contributed by atoms with Crippen molar-refractivity contribution in [2.24, 2.45) is 0 Å². The van der Waals surface area contributed by atoms with E-state index in [9.17, 15) is 5.11 Å². The minimum absolute atomic E-state index is 0.160. The van der Waals surface area contributed by atoms with Crippen molar-refractivity contribution in [2.45, 2.75) is 25.0 Å². The second-order valence-corrected chi connectivity index (χ2v) is 36.0. The average Bonchev–Trinajstić information content (AvgIpc) is 2.72. The van der Waals surface area contributed by atoms with Crippen LogP contribution in [0.25, 0.3) is 0 Å². The highest BCUT2D eigenvalue weighted by Gasteiger charge is 2.48. The van der Waals surface area contributed by atoms with Gasteiger partial charge >= 0.3 is 0 Å². The zero-order valence-electron chi connectivity index (χ0n) is 15.6. The number of hydrogen-bond donors (Lipinski definition) is 2. The van der Waals surface area contributed by atoms with Crippen molar-refractivity contribution in [2.75, 3.05) is 68.6 Å². The molecular weight excluding hydrogens is 338 g/mol. The Hall–Kier alpha value is 1.32. The lowest BCUT2D eigenvalue weighted by Gasteiger charge is -2.72. The van der Waals surface area contributed by atoms with Crippen LogP contribution in [0.1, 0.15) is 12.8 Å². The summed E-state index contributed by atoms with van der Waals surface area (Å²) in [5.74, 6) is 1.06. The molecule has 1 fully saturated rings. The third-order valence-electron chi connectivity index (χ3n) is 4.22. The van der Waals surface area contributed by atoms with E-state index in [4.69, 9.17) is 0 Å². The first-order chi connectivity index (χ1) is 9.24. The topological polar surface area (TPSA) is 32.3 Å². The third kappa shape index (κ3) is 4.05. The molecule has 0 aromatic heterocycles. The molecule has 0 aromatic carbocycles. The highest BCUT2D eigenvalue weighted by atomic mass is 33.9. The Kier molecular flexibility index (Phi) is 6.47. The highest BCUT2D eigenvalue weighted by Crippen LogP contribution is 3.05. The molecule has 2 N–H and O–H groups in total. The van der Waals surface area contributed by atoms with Crippen molar-refractivity contribution in [1.29, 1.82) is 0 Å².